The quantitative estimate of drug-likeness (QED) is 0.419. The van der Waals surface area contributed by atoms with E-state index in [2.05, 4.69) is 26.7 Å². The molecule has 0 aliphatic heterocycles. The van der Waals surface area contributed by atoms with E-state index in [1.807, 2.05) is 30.5 Å². The highest BCUT2D eigenvalue weighted by molar-refractivity contribution is 7.22. The highest BCUT2D eigenvalue weighted by atomic mass is 32.1. The summed E-state index contributed by atoms with van der Waals surface area (Å²) in [6.45, 7) is 0. The van der Waals surface area contributed by atoms with Gasteiger partial charge in [0.05, 0.1) is 21.3 Å². The lowest BCUT2D eigenvalue weighted by atomic mass is 9.96. The largest absolute Gasteiger partial charge is 0.335 e. The fraction of sp³-hybridized carbons (Fsp3) is 0.360. The Morgan fingerprint density at radius 1 is 0.970 bits per heavy atom. The fourth-order valence-electron chi connectivity index (χ4n) is 4.55. The molecule has 7 nitrogen and oxygen atoms in total. The average molecular weight is 460 g/mol. The molecule has 2 saturated carbocycles. The molecule has 0 saturated heterocycles. The van der Waals surface area contributed by atoms with Gasteiger partial charge in [-0.2, -0.15) is 0 Å². The lowest BCUT2D eigenvalue weighted by Crippen LogP contribution is -2.38. The number of fused-ring (bicyclic) bond motifs is 2. The van der Waals surface area contributed by atoms with E-state index in [4.69, 9.17) is 0 Å². The first-order valence-corrected chi connectivity index (χ1v) is 12.5. The lowest BCUT2D eigenvalue weighted by Gasteiger charge is -2.22. The van der Waals surface area contributed by atoms with Gasteiger partial charge in [0.2, 0.25) is 5.91 Å². The first-order chi connectivity index (χ1) is 16.1. The van der Waals surface area contributed by atoms with Gasteiger partial charge in [0.1, 0.15) is 0 Å². The van der Waals surface area contributed by atoms with Crippen molar-refractivity contribution >= 4 is 49.7 Å². The molecule has 3 aromatic heterocycles. The molecule has 2 amide bonds. The van der Waals surface area contributed by atoms with Crippen LogP contribution in [0.25, 0.3) is 32.4 Å². The number of thiazole rings is 1. The van der Waals surface area contributed by atoms with Crippen molar-refractivity contribution in [3.05, 3.63) is 42.7 Å². The van der Waals surface area contributed by atoms with E-state index in [-0.39, 0.29) is 23.9 Å². The number of nitrogens with one attached hydrogen (secondary N) is 2. The number of hydrogen-bond donors (Lipinski definition) is 2. The van der Waals surface area contributed by atoms with Crippen LogP contribution in [0.4, 0.5) is 9.93 Å². The summed E-state index contributed by atoms with van der Waals surface area (Å²) in [4.78, 5) is 34.1. The Balaban J connectivity index is 1.27. The van der Waals surface area contributed by atoms with Crippen LogP contribution in [0.1, 0.15) is 44.9 Å². The Morgan fingerprint density at radius 3 is 2.64 bits per heavy atom. The Hall–Kier alpha value is -3.26. The third kappa shape index (κ3) is 4.11. The predicted octanol–water partition coefficient (Wildman–Crippen LogP) is 5.55. The Labute approximate surface area is 195 Å². The summed E-state index contributed by atoms with van der Waals surface area (Å²) in [6.07, 6.45) is 11.3. The molecule has 168 valence electrons. The third-order valence-electron chi connectivity index (χ3n) is 6.59. The van der Waals surface area contributed by atoms with Gasteiger partial charge in [-0.3, -0.25) is 14.3 Å². The molecule has 2 aliphatic carbocycles. The SMILES string of the molecule is O=C(Nc1nc2ccc(-c3cnc4ccn(C(=O)NC5CCCCC5)c4c3)cc2s1)C1CC1. The summed E-state index contributed by atoms with van der Waals surface area (Å²) < 4.78 is 2.67. The van der Waals surface area contributed by atoms with Crippen molar-refractivity contribution in [3.8, 4) is 11.1 Å². The molecule has 0 atom stereocenters. The van der Waals surface area contributed by atoms with Crippen molar-refractivity contribution in [3.63, 3.8) is 0 Å². The number of amides is 2. The molecule has 0 bridgehead atoms. The first kappa shape index (κ1) is 20.4. The number of pyridine rings is 1. The van der Waals surface area contributed by atoms with Crippen LogP contribution in [0.15, 0.2) is 42.7 Å². The standard InChI is InChI=1S/C25H25N5O2S/c31-23(15-6-7-15)29-24-28-20-9-8-16(13-22(20)33-24)17-12-21-19(26-14-17)10-11-30(21)25(32)27-18-4-2-1-3-5-18/h8-15,18H,1-7H2,(H,27,32)(H,28,29,31). The highest BCUT2D eigenvalue weighted by Gasteiger charge is 2.30. The number of carbonyl (C=O) groups is 2. The zero-order valence-corrected chi connectivity index (χ0v) is 19.0. The summed E-state index contributed by atoms with van der Waals surface area (Å²) in [7, 11) is 0. The molecular weight excluding hydrogens is 434 g/mol. The maximum absolute atomic E-state index is 12.9. The molecule has 0 radical (unpaired) electrons. The topological polar surface area (TPSA) is 88.9 Å². The van der Waals surface area contributed by atoms with Crippen molar-refractivity contribution in [2.45, 2.75) is 51.0 Å². The molecule has 4 aromatic rings. The highest BCUT2D eigenvalue weighted by Crippen LogP contribution is 2.34. The molecule has 2 fully saturated rings. The maximum Gasteiger partial charge on any atom is 0.326 e. The first-order valence-electron chi connectivity index (χ1n) is 11.6. The average Bonchev–Trinajstić information content (AvgIpc) is 3.48. The minimum atomic E-state index is -0.0928. The van der Waals surface area contributed by atoms with Gasteiger partial charge in [0.25, 0.3) is 0 Å². The van der Waals surface area contributed by atoms with Crippen molar-refractivity contribution in [1.82, 2.24) is 19.9 Å². The maximum atomic E-state index is 12.9. The molecule has 0 spiro atoms. The van der Waals surface area contributed by atoms with Crippen molar-refractivity contribution in [2.75, 3.05) is 5.32 Å². The molecule has 33 heavy (non-hydrogen) atoms. The van der Waals surface area contributed by atoms with E-state index in [0.717, 1.165) is 58.1 Å². The number of rotatable bonds is 4. The molecule has 2 aliphatic rings. The van der Waals surface area contributed by atoms with E-state index >= 15 is 0 Å². The zero-order chi connectivity index (χ0) is 22.4. The van der Waals surface area contributed by atoms with Crippen molar-refractivity contribution in [2.24, 2.45) is 5.92 Å². The van der Waals surface area contributed by atoms with Crippen molar-refractivity contribution < 1.29 is 9.59 Å². The van der Waals surface area contributed by atoms with Crippen LogP contribution < -0.4 is 10.6 Å². The van der Waals surface area contributed by atoms with E-state index in [1.54, 1.807) is 10.8 Å². The Morgan fingerprint density at radius 2 is 1.82 bits per heavy atom. The lowest BCUT2D eigenvalue weighted by molar-refractivity contribution is -0.117. The minimum absolute atomic E-state index is 0.0659. The van der Waals surface area contributed by atoms with Crippen LogP contribution in [-0.4, -0.2) is 32.5 Å². The summed E-state index contributed by atoms with van der Waals surface area (Å²) >= 11 is 1.48. The number of carbonyl (C=O) groups excluding carboxylic acids is 2. The van der Waals surface area contributed by atoms with Gasteiger partial charge in [-0.25, -0.2) is 9.78 Å². The van der Waals surface area contributed by atoms with Gasteiger partial charge in [-0.1, -0.05) is 36.7 Å². The van der Waals surface area contributed by atoms with Crippen molar-refractivity contribution in [1.29, 1.82) is 0 Å². The van der Waals surface area contributed by atoms with E-state index in [1.165, 1.54) is 30.6 Å². The second-order valence-electron chi connectivity index (χ2n) is 9.06. The predicted molar refractivity (Wildman–Crippen MR) is 131 cm³/mol. The van der Waals surface area contributed by atoms with Gasteiger partial charge in [-0.05, 0) is 55.5 Å². The molecule has 2 N–H and O–H groups in total. The number of nitrogens with zero attached hydrogens (tertiary/aromatic N) is 3. The number of aromatic nitrogens is 3. The summed E-state index contributed by atoms with van der Waals surface area (Å²) in [6, 6.07) is 10.1. The Kier molecular flexibility index (Phi) is 5.10. The van der Waals surface area contributed by atoms with Gasteiger partial charge in [0, 0.05) is 29.9 Å². The molecule has 0 unspecified atom stereocenters. The van der Waals surface area contributed by atoms with Crippen LogP contribution in [0.5, 0.6) is 0 Å². The summed E-state index contributed by atoms with van der Waals surface area (Å²) in [5.41, 5.74) is 4.39. The smallest absolute Gasteiger partial charge is 0.326 e. The van der Waals surface area contributed by atoms with Crippen LogP contribution in [-0.2, 0) is 4.79 Å². The number of benzene rings is 1. The molecule has 8 heteroatoms. The van der Waals surface area contributed by atoms with Gasteiger partial charge in [-0.15, -0.1) is 0 Å². The van der Waals surface area contributed by atoms with E-state index in [9.17, 15) is 9.59 Å². The van der Waals surface area contributed by atoms with Gasteiger partial charge >= 0.3 is 6.03 Å². The summed E-state index contributed by atoms with van der Waals surface area (Å²) in [5.74, 6) is 0.216. The van der Waals surface area contributed by atoms with Gasteiger partial charge < -0.3 is 10.6 Å². The summed E-state index contributed by atoms with van der Waals surface area (Å²) in [5, 5.41) is 6.76. The normalized spacial score (nSPS) is 16.8. The molecule has 3 heterocycles. The zero-order valence-electron chi connectivity index (χ0n) is 18.2. The second kappa shape index (κ2) is 8.26. The van der Waals surface area contributed by atoms with Gasteiger partial charge in [0.15, 0.2) is 5.13 Å². The molecule has 6 rings (SSSR count). The number of hydrogen-bond acceptors (Lipinski definition) is 5. The van der Waals surface area contributed by atoms with E-state index < -0.39 is 0 Å². The number of anilines is 1. The monoisotopic (exact) mass is 459 g/mol. The van der Waals surface area contributed by atoms with Crippen LogP contribution in [0, 0.1) is 5.92 Å². The fourth-order valence-corrected chi connectivity index (χ4v) is 5.46. The van der Waals surface area contributed by atoms with E-state index in [0.29, 0.717) is 5.13 Å². The minimum Gasteiger partial charge on any atom is -0.335 e. The Bertz CT molecular complexity index is 1360. The van der Waals surface area contributed by atoms with Crippen LogP contribution >= 0.6 is 11.3 Å². The van der Waals surface area contributed by atoms with Crippen LogP contribution in [0.2, 0.25) is 0 Å². The second-order valence-corrected chi connectivity index (χ2v) is 10.1. The molecule has 1 aromatic carbocycles. The van der Waals surface area contributed by atoms with Crippen LogP contribution in [0.3, 0.4) is 0 Å². The molecular formula is C25H25N5O2S. The third-order valence-corrected chi connectivity index (χ3v) is 7.52.